The molecule has 2 aliphatic carbocycles. The zero-order chi connectivity index (χ0) is 26.3. The van der Waals surface area contributed by atoms with Gasteiger partial charge in [0.05, 0.1) is 8.07 Å². The van der Waals surface area contributed by atoms with Crippen molar-refractivity contribution in [1.82, 2.24) is 0 Å². The van der Waals surface area contributed by atoms with E-state index in [0.717, 1.165) is 10.5 Å². The highest BCUT2D eigenvalue weighted by Gasteiger charge is 2.46. The maximum absolute atomic E-state index is 13.1. The predicted molar refractivity (Wildman–Crippen MR) is 156 cm³/mol. The lowest BCUT2D eigenvalue weighted by Crippen LogP contribution is -2.46. The second kappa shape index (κ2) is 11.3. The summed E-state index contributed by atoms with van der Waals surface area (Å²) in [4.78, 5) is 0.298. The third-order valence-electron chi connectivity index (χ3n) is 9.03. The number of hydrogen-bond acceptors (Lipinski definition) is 2. The Kier molecular flexibility index (Phi) is 9.43. The maximum Gasteiger partial charge on any atom is 0.295 e. The van der Waals surface area contributed by atoms with Gasteiger partial charge < -0.3 is 0 Å². The van der Waals surface area contributed by atoms with Crippen molar-refractivity contribution in [2.75, 3.05) is 0 Å². The Morgan fingerprint density at radius 1 is 0.857 bits per heavy atom. The van der Waals surface area contributed by atoms with E-state index in [-0.39, 0.29) is 0 Å². The lowest BCUT2D eigenvalue weighted by atomic mass is 9.76. The molecule has 200 valence electrons. The minimum atomic E-state index is -4.32. The molecule has 0 bridgehead atoms. The van der Waals surface area contributed by atoms with Crippen LogP contribution in [0.3, 0.4) is 0 Å². The Hall–Kier alpha value is -0.223. The molecule has 3 nitrogen and oxygen atoms in total. The van der Waals surface area contributed by atoms with Gasteiger partial charge in [0, 0.05) is 0 Å². The average molecular weight is 539 g/mol. The molecule has 0 radical (unpaired) electrons. The van der Waals surface area contributed by atoms with Gasteiger partial charge in [-0.05, 0) is 83.0 Å². The molecular weight excluding hydrogens is 487 g/mol. The van der Waals surface area contributed by atoms with Crippen molar-refractivity contribution < 1.29 is 13.0 Å². The van der Waals surface area contributed by atoms with Crippen LogP contribution in [0, 0.1) is 35.5 Å². The van der Waals surface area contributed by atoms with E-state index in [1.165, 1.54) is 38.5 Å². The van der Waals surface area contributed by atoms with Crippen molar-refractivity contribution in [3.05, 3.63) is 18.2 Å². The van der Waals surface area contributed by atoms with Gasteiger partial charge in [-0.25, -0.2) is 0 Å². The van der Waals surface area contributed by atoms with E-state index in [1.807, 2.05) is 6.07 Å². The molecular formula is C29H51O3PSSi. The minimum absolute atomic E-state index is 0.298. The minimum Gasteiger partial charge on any atom is -0.282 e. The van der Waals surface area contributed by atoms with Crippen LogP contribution in [0.15, 0.2) is 23.1 Å². The van der Waals surface area contributed by atoms with Gasteiger partial charge in [-0.2, -0.15) is 8.42 Å². The summed E-state index contributed by atoms with van der Waals surface area (Å²) in [7, 11) is -7.07. The Labute approximate surface area is 218 Å². The zero-order valence-electron chi connectivity index (χ0n) is 23.7. The lowest BCUT2D eigenvalue weighted by Gasteiger charge is -2.50. The number of benzene rings is 1. The molecule has 2 aliphatic rings. The third-order valence-corrected chi connectivity index (χ3v) is 15.9. The molecule has 0 saturated heterocycles. The van der Waals surface area contributed by atoms with Gasteiger partial charge in [0.25, 0.3) is 10.1 Å². The van der Waals surface area contributed by atoms with Gasteiger partial charge in [0.15, 0.2) is 0 Å². The van der Waals surface area contributed by atoms with E-state index in [0.29, 0.717) is 51.7 Å². The lowest BCUT2D eigenvalue weighted by molar-refractivity contribution is 0.224. The fraction of sp³-hybridized carbons (Fsp3) is 0.793. The van der Waals surface area contributed by atoms with Crippen LogP contribution < -0.4 is 10.5 Å². The SMILES string of the molecule is CC1CCC(C(C)C)C(P(c2cccc([Si](C)(C)C)c2S(=O)(=O)O)C2CC(C)CCC2C(C)C)C1. The van der Waals surface area contributed by atoms with Crippen LogP contribution in [-0.2, 0) is 10.1 Å². The van der Waals surface area contributed by atoms with Gasteiger partial charge in [0.2, 0.25) is 0 Å². The van der Waals surface area contributed by atoms with Gasteiger partial charge >= 0.3 is 0 Å². The van der Waals surface area contributed by atoms with Crippen molar-refractivity contribution >= 4 is 36.6 Å². The summed E-state index contributed by atoms with van der Waals surface area (Å²) in [5, 5.41) is 1.90. The van der Waals surface area contributed by atoms with Gasteiger partial charge in [-0.15, -0.1) is 0 Å². The first kappa shape index (κ1) is 29.3. The van der Waals surface area contributed by atoms with E-state index in [4.69, 9.17) is 0 Å². The fourth-order valence-corrected chi connectivity index (χ4v) is 16.1. The van der Waals surface area contributed by atoms with E-state index in [2.05, 4.69) is 73.3 Å². The highest BCUT2D eigenvalue weighted by molar-refractivity contribution is 7.87. The van der Waals surface area contributed by atoms with Gasteiger partial charge in [-0.3, -0.25) is 4.55 Å². The molecule has 3 rings (SSSR count). The first-order valence-electron chi connectivity index (χ1n) is 14.0. The van der Waals surface area contributed by atoms with Crippen LogP contribution in [0.4, 0.5) is 0 Å². The first-order valence-corrected chi connectivity index (χ1v) is 20.4. The summed E-state index contributed by atoms with van der Waals surface area (Å²) in [5.74, 6) is 3.76. The monoisotopic (exact) mass is 538 g/mol. The zero-order valence-corrected chi connectivity index (χ0v) is 26.4. The molecule has 2 fully saturated rings. The smallest absolute Gasteiger partial charge is 0.282 e. The molecule has 1 aromatic carbocycles. The van der Waals surface area contributed by atoms with E-state index < -0.39 is 26.1 Å². The standard InChI is InChI=1S/C29H51O3PSSi/c1-19(2)23-15-13-21(5)17-26(23)33(27-18-22(6)14-16-24(27)20(3)4)25-11-10-12-28(35(7,8)9)29(25)34(30,31)32/h10-12,19-24,26-27H,13-18H2,1-9H3,(H,30,31,32). The van der Waals surface area contributed by atoms with Gasteiger partial charge in [-0.1, -0.05) is 100 Å². The molecule has 1 aromatic rings. The van der Waals surface area contributed by atoms with Crippen LogP contribution in [0.5, 0.6) is 0 Å². The van der Waals surface area contributed by atoms with Crippen LogP contribution in [-0.4, -0.2) is 32.4 Å². The van der Waals surface area contributed by atoms with E-state index >= 15 is 0 Å². The number of hydrogen-bond donors (Lipinski definition) is 1. The molecule has 2 saturated carbocycles. The summed E-state index contributed by atoms with van der Waals surface area (Å²) in [6.45, 7) is 20.8. The van der Waals surface area contributed by atoms with E-state index in [9.17, 15) is 13.0 Å². The van der Waals surface area contributed by atoms with Crippen LogP contribution >= 0.6 is 7.92 Å². The van der Waals surface area contributed by atoms with Gasteiger partial charge in [0.1, 0.15) is 4.90 Å². The Bertz CT molecular complexity index is 937. The Morgan fingerprint density at radius 3 is 1.69 bits per heavy atom. The van der Waals surface area contributed by atoms with Crippen LogP contribution in [0.25, 0.3) is 0 Å². The normalized spacial score (nSPS) is 31.7. The molecule has 0 aliphatic heterocycles. The first-order chi connectivity index (χ1) is 16.1. The highest BCUT2D eigenvalue weighted by atomic mass is 32.2. The topological polar surface area (TPSA) is 54.4 Å². The summed E-state index contributed by atoms with van der Waals surface area (Å²) < 4.78 is 37.0. The summed E-state index contributed by atoms with van der Waals surface area (Å²) in [6, 6.07) is 6.19. The Morgan fingerprint density at radius 2 is 1.31 bits per heavy atom. The van der Waals surface area contributed by atoms with Crippen molar-refractivity contribution in [2.24, 2.45) is 35.5 Å². The van der Waals surface area contributed by atoms with Crippen molar-refractivity contribution in [3.63, 3.8) is 0 Å². The quantitative estimate of drug-likeness (QED) is 0.222. The molecule has 6 atom stereocenters. The average Bonchev–Trinajstić information content (AvgIpc) is 2.72. The second-order valence-corrected chi connectivity index (χ2v) is 22.6. The highest BCUT2D eigenvalue weighted by Crippen LogP contribution is 2.61. The van der Waals surface area contributed by atoms with Crippen LogP contribution in [0.1, 0.15) is 80.1 Å². The molecule has 6 unspecified atom stereocenters. The molecule has 0 spiro atoms. The van der Waals surface area contributed by atoms with E-state index in [1.54, 1.807) is 0 Å². The number of rotatable bonds is 7. The van der Waals surface area contributed by atoms with Crippen molar-refractivity contribution in [3.8, 4) is 0 Å². The second-order valence-electron chi connectivity index (χ2n) is 13.6. The summed E-state index contributed by atoms with van der Waals surface area (Å²) in [5.41, 5.74) is 1.03. The summed E-state index contributed by atoms with van der Waals surface area (Å²) in [6.07, 6.45) is 7.41. The van der Waals surface area contributed by atoms with Crippen molar-refractivity contribution in [1.29, 1.82) is 0 Å². The summed E-state index contributed by atoms with van der Waals surface area (Å²) >= 11 is 0. The molecule has 6 heteroatoms. The molecule has 1 N–H and O–H groups in total. The third kappa shape index (κ3) is 6.62. The Balaban J connectivity index is 2.33. The molecule has 0 aromatic heterocycles. The molecule has 0 amide bonds. The molecule has 35 heavy (non-hydrogen) atoms. The molecule has 0 heterocycles. The van der Waals surface area contributed by atoms with Crippen LogP contribution in [0.2, 0.25) is 19.6 Å². The largest absolute Gasteiger partial charge is 0.295 e. The fourth-order valence-electron chi connectivity index (χ4n) is 7.14. The maximum atomic E-state index is 13.1. The van der Waals surface area contributed by atoms with Crippen molar-refractivity contribution in [2.45, 2.75) is 116 Å². The predicted octanol–water partition coefficient (Wildman–Crippen LogP) is 7.51.